The molecular weight excluding hydrogens is 378 g/mol. The van der Waals surface area contributed by atoms with Gasteiger partial charge in [-0.1, -0.05) is 43.6 Å². The topological polar surface area (TPSA) is 102 Å². The highest BCUT2D eigenvalue weighted by Crippen LogP contribution is 2.19. The first-order chi connectivity index (χ1) is 12.1. The molecule has 0 fully saturated rings. The van der Waals surface area contributed by atoms with Crippen LogP contribution >= 0.6 is 11.6 Å². The van der Waals surface area contributed by atoms with Gasteiger partial charge in [-0.2, -0.15) is 4.98 Å². The molecule has 0 atom stereocenters. The van der Waals surface area contributed by atoms with Gasteiger partial charge >= 0.3 is 0 Å². The van der Waals surface area contributed by atoms with Gasteiger partial charge in [-0.05, 0) is 18.2 Å². The number of aromatic nitrogens is 2. The molecule has 7 nitrogen and oxygen atoms in total. The van der Waals surface area contributed by atoms with Crippen LogP contribution < -0.4 is 5.32 Å². The first-order valence-electron chi connectivity index (χ1n) is 8.16. The number of benzene rings is 1. The third kappa shape index (κ3) is 5.81. The van der Waals surface area contributed by atoms with Crippen LogP contribution in [0, 0.1) is 0 Å². The van der Waals surface area contributed by atoms with Crippen molar-refractivity contribution in [3.8, 4) is 0 Å². The van der Waals surface area contributed by atoms with Crippen molar-refractivity contribution in [2.75, 3.05) is 12.3 Å². The Hall–Kier alpha value is -1.93. The third-order valence-corrected chi connectivity index (χ3v) is 5.48. The molecule has 0 aliphatic rings. The molecule has 0 unspecified atom stereocenters. The fourth-order valence-electron chi connectivity index (χ4n) is 2.07. The molecule has 2 rings (SSSR count). The number of hydrogen-bond donors (Lipinski definition) is 1. The molecule has 0 aliphatic carbocycles. The first-order valence-corrected chi connectivity index (χ1v) is 10.2. The van der Waals surface area contributed by atoms with Crippen molar-refractivity contribution in [2.24, 2.45) is 0 Å². The van der Waals surface area contributed by atoms with E-state index in [-0.39, 0.29) is 28.4 Å². The lowest BCUT2D eigenvalue weighted by Gasteiger charge is -2.10. The second kappa shape index (κ2) is 8.18. The van der Waals surface area contributed by atoms with Crippen molar-refractivity contribution in [3.63, 3.8) is 0 Å². The third-order valence-electron chi connectivity index (χ3n) is 3.53. The first kappa shape index (κ1) is 20.4. The van der Waals surface area contributed by atoms with Crippen LogP contribution in [-0.4, -0.2) is 36.8 Å². The number of rotatable bonds is 7. The molecule has 0 saturated heterocycles. The second-order valence-electron chi connectivity index (χ2n) is 6.89. The number of sulfone groups is 1. The highest BCUT2D eigenvalue weighted by Gasteiger charge is 2.21. The molecule has 0 aliphatic heterocycles. The smallest absolute Gasteiger partial charge is 0.232 e. The van der Waals surface area contributed by atoms with Crippen LogP contribution in [0.1, 0.15) is 38.9 Å². The molecule has 2 aromatic rings. The monoisotopic (exact) mass is 399 g/mol. The summed E-state index contributed by atoms with van der Waals surface area (Å²) in [5.74, 6) is 0.401. The van der Waals surface area contributed by atoms with Gasteiger partial charge in [0, 0.05) is 29.8 Å². The maximum absolute atomic E-state index is 12.2. The van der Waals surface area contributed by atoms with Gasteiger partial charge in [-0.25, -0.2) is 8.42 Å². The Morgan fingerprint density at radius 3 is 2.65 bits per heavy atom. The average Bonchev–Trinajstić information content (AvgIpc) is 3.02. The van der Waals surface area contributed by atoms with E-state index in [0.29, 0.717) is 29.7 Å². The van der Waals surface area contributed by atoms with Crippen molar-refractivity contribution in [3.05, 3.63) is 41.0 Å². The number of halogens is 1. The van der Waals surface area contributed by atoms with Crippen molar-refractivity contribution in [2.45, 2.75) is 43.9 Å². The number of nitrogens with one attached hydrogen (secondary N) is 1. The van der Waals surface area contributed by atoms with Crippen LogP contribution in [-0.2, 0) is 26.5 Å². The van der Waals surface area contributed by atoms with Crippen LogP contribution in [0.3, 0.4) is 0 Å². The molecule has 0 bridgehead atoms. The molecule has 0 radical (unpaired) electrons. The Labute approximate surface area is 158 Å². The number of amides is 1. The van der Waals surface area contributed by atoms with Crippen LogP contribution in [0.25, 0.3) is 0 Å². The molecule has 0 saturated carbocycles. The van der Waals surface area contributed by atoms with Gasteiger partial charge in [0.25, 0.3) is 0 Å². The van der Waals surface area contributed by atoms with Crippen LogP contribution in [0.4, 0.5) is 0 Å². The van der Waals surface area contributed by atoms with Crippen LogP contribution in [0.2, 0.25) is 5.02 Å². The summed E-state index contributed by atoms with van der Waals surface area (Å²) < 4.78 is 29.6. The molecule has 1 aromatic heterocycles. The predicted octanol–water partition coefficient (Wildman–Crippen LogP) is 2.54. The van der Waals surface area contributed by atoms with Gasteiger partial charge < -0.3 is 9.84 Å². The molecule has 1 aromatic carbocycles. The molecule has 26 heavy (non-hydrogen) atoms. The summed E-state index contributed by atoms with van der Waals surface area (Å²) in [7, 11) is -3.55. The van der Waals surface area contributed by atoms with E-state index in [4.69, 9.17) is 16.1 Å². The van der Waals surface area contributed by atoms with Crippen LogP contribution in [0.15, 0.2) is 33.7 Å². The predicted molar refractivity (Wildman–Crippen MR) is 97.8 cm³/mol. The zero-order chi connectivity index (χ0) is 19.4. The van der Waals surface area contributed by atoms with Gasteiger partial charge in [-0.15, -0.1) is 0 Å². The number of carbonyl (C=O) groups excluding carboxylic acids is 1. The number of nitrogens with zero attached hydrogens (tertiary/aromatic N) is 2. The zero-order valence-electron chi connectivity index (χ0n) is 15.0. The van der Waals surface area contributed by atoms with E-state index < -0.39 is 9.84 Å². The Morgan fingerprint density at radius 1 is 1.31 bits per heavy atom. The van der Waals surface area contributed by atoms with E-state index in [1.165, 1.54) is 12.1 Å². The average molecular weight is 400 g/mol. The van der Waals surface area contributed by atoms with E-state index in [1.54, 1.807) is 12.1 Å². The SMILES string of the molecule is CC(C)(C)c1nc(CCNC(=O)CCS(=O)(=O)c2cccc(Cl)c2)no1. The Morgan fingerprint density at radius 2 is 2.04 bits per heavy atom. The molecule has 1 N–H and O–H groups in total. The van der Waals surface area contributed by atoms with Gasteiger partial charge in [0.15, 0.2) is 15.7 Å². The highest BCUT2D eigenvalue weighted by atomic mass is 35.5. The van der Waals surface area contributed by atoms with Gasteiger partial charge in [-0.3, -0.25) is 4.79 Å². The minimum atomic E-state index is -3.55. The molecule has 1 amide bonds. The van der Waals surface area contributed by atoms with Gasteiger partial charge in [0.2, 0.25) is 11.8 Å². The van der Waals surface area contributed by atoms with Gasteiger partial charge in [0.1, 0.15) is 0 Å². The lowest BCUT2D eigenvalue weighted by atomic mass is 9.97. The highest BCUT2D eigenvalue weighted by molar-refractivity contribution is 7.91. The fourth-order valence-corrected chi connectivity index (χ4v) is 3.60. The zero-order valence-corrected chi connectivity index (χ0v) is 16.5. The molecule has 1 heterocycles. The van der Waals surface area contributed by atoms with Gasteiger partial charge in [0.05, 0.1) is 10.6 Å². The van der Waals surface area contributed by atoms with Crippen LogP contribution in [0.5, 0.6) is 0 Å². The van der Waals surface area contributed by atoms with E-state index in [1.807, 2.05) is 20.8 Å². The van der Waals surface area contributed by atoms with E-state index in [9.17, 15) is 13.2 Å². The summed E-state index contributed by atoms with van der Waals surface area (Å²) in [5, 5.41) is 6.87. The summed E-state index contributed by atoms with van der Waals surface area (Å²) in [6, 6.07) is 5.99. The van der Waals surface area contributed by atoms with E-state index in [0.717, 1.165) is 0 Å². The normalized spacial score (nSPS) is 12.2. The summed E-state index contributed by atoms with van der Waals surface area (Å²) in [6.45, 7) is 6.20. The van der Waals surface area contributed by atoms with E-state index >= 15 is 0 Å². The van der Waals surface area contributed by atoms with Crippen molar-refractivity contribution in [1.82, 2.24) is 15.5 Å². The van der Waals surface area contributed by atoms with E-state index in [2.05, 4.69) is 15.5 Å². The van der Waals surface area contributed by atoms with Crippen molar-refractivity contribution < 1.29 is 17.7 Å². The summed E-state index contributed by atoms with van der Waals surface area (Å²) in [6.07, 6.45) is 0.278. The number of hydrogen-bond acceptors (Lipinski definition) is 6. The molecule has 142 valence electrons. The summed E-state index contributed by atoms with van der Waals surface area (Å²) in [4.78, 5) is 16.3. The van der Waals surface area contributed by atoms with Crippen molar-refractivity contribution in [1.29, 1.82) is 0 Å². The summed E-state index contributed by atoms with van der Waals surface area (Å²) >= 11 is 5.81. The lowest BCUT2D eigenvalue weighted by molar-refractivity contribution is -0.120. The fraction of sp³-hybridized carbons (Fsp3) is 0.471. The largest absolute Gasteiger partial charge is 0.356 e. The maximum Gasteiger partial charge on any atom is 0.232 e. The molecule has 9 heteroatoms. The number of carbonyl (C=O) groups is 1. The second-order valence-corrected chi connectivity index (χ2v) is 9.44. The molecule has 0 spiro atoms. The minimum Gasteiger partial charge on any atom is -0.356 e. The minimum absolute atomic E-state index is 0.110. The summed E-state index contributed by atoms with van der Waals surface area (Å²) in [5.41, 5.74) is -0.233. The quantitative estimate of drug-likeness (QED) is 0.767. The Kier molecular flexibility index (Phi) is 6.41. The molecular formula is C17H22ClN3O4S. The standard InChI is InChI=1S/C17H22ClN3O4S/c1-17(2,3)16-20-14(21-25-16)7-9-19-15(22)8-10-26(23,24)13-6-4-5-12(18)11-13/h4-6,11H,7-10H2,1-3H3,(H,19,22). The lowest BCUT2D eigenvalue weighted by Crippen LogP contribution is -2.27. The Bertz CT molecular complexity index is 872. The van der Waals surface area contributed by atoms with Crippen molar-refractivity contribution >= 4 is 27.3 Å². The maximum atomic E-state index is 12.2. The Balaban J connectivity index is 1.79.